The summed E-state index contributed by atoms with van der Waals surface area (Å²) in [5.74, 6) is 0.0131. The maximum absolute atomic E-state index is 12.0. The Kier molecular flexibility index (Phi) is 5.07. The number of rotatable bonds is 3. The van der Waals surface area contributed by atoms with Crippen molar-refractivity contribution in [2.45, 2.75) is 57.3 Å². The van der Waals surface area contributed by atoms with E-state index in [1.165, 1.54) is 19.2 Å². The van der Waals surface area contributed by atoms with Gasteiger partial charge in [0, 0.05) is 6.20 Å². The predicted molar refractivity (Wildman–Crippen MR) is 85.6 cm³/mol. The summed E-state index contributed by atoms with van der Waals surface area (Å²) in [4.78, 5) is 27.5. The molecule has 4 unspecified atom stereocenters. The highest BCUT2D eigenvalue weighted by Gasteiger charge is 2.56. The molecular formula is C15H23N3O7. The minimum Gasteiger partial charge on any atom is -0.429 e. The Morgan fingerprint density at radius 3 is 2.68 bits per heavy atom. The van der Waals surface area contributed by atoms with Gasteiger partial charge in [-0.05, 0) is 33.8 Å². The van der Waals surface area contributed by atoms with Gasteiger partial charge in [-0.15, -0.1) is 0 Å². The van der Waals surface area contributed by atoms with Crippen LogP contribution in [-0.4, -0.2) is 55.9 Å². The molecule has 1 fully saturated rings. The molecule has 1 aromatic rings. The molecule has 25 heavy (non-hydrogen) atoms. The number of anilines is 1. The lowest BCUT2D eigenvalue weighted by molar-refractivity contribution is -0.110. The van der Waals surface area contributed by atoms with Gasteiger partial charge in [-0.3, -0.25) is 4.57 Å². The lowest BCUT2D eigenvalue weighted by atomic mass is 9.96. The van der Waals surface area contributed by atoms with Crippen molar-refractivity contribution in [2.24, 2.45) is 0 Å². The van der Waals surface area contributed by atoms with Crippen molar-refractivity contribution < 1.29 is 29.2 Å². The average Bonchev–Trinajstić information content (AvgIpc) is 2.69. The summed E-state index contributed by atoms with van der Waals surface area (Å²) in [6.07, 6.45) is -3.28. The van der Waals surface area contributed by atoms with Gasteiger partial charge in [0.1, 0.15) is 23.1 Å². The van der Waals surface area contributed by atoms with Crippen LogP contribution in [0.4, 0.5) is 10.6 Å². The van der Waals surface area contributed by atoms with Gasteiger partial charge in [-0.25, -0.2) is 9.59 Å². The Morgan fingerprint density at radius 1 is 1.52 bits per heavy atom. The lowest BCUT2D eigenvalue weighted by Gasteiger charge is -2.30. The molecular weight excluding hydrogens is 334 g/mol. The number of hydrogen-bond donors (Lipinski definition) is 3. The van der Waals surface area contributed by atoms with Gasteiger partial charge in [-0.1, -0.05) is 0 Å². The van der Waals surface area contributed by atoms with E-state index in [1.807, 2.05) is 0 Å². The molecule has 2 heterocycles. The van der Waals surface area contributed by atoms with Crippen molar-refractivity contribution in [2.75, 3.05) is 12.3 Å². The van der Waals surface area contributed by atoms with E-state index in [-0.39, 0.29) is 5.82 Å². The van der Waals surface area contributed by atoms with E-state index in [9.17, 15) is 19.8 Å². The number of aliphatic hydroxyl groups is 2. The van der Waals surface area contributed by atoms with Gasteiger partial charge in [0.2, 0.25) is 0 Å². The highest BCUT2D eigenvalue weighted by Crippen LogP contribution is 2.39. The number of nitrogens with two attached hydrogens (primary N) is 1. The number of nitrogen functional groups attached to an aromatic ring is 1. The Morgan fingerprint density at radius 2 is 2.16 bits per heavy atom. The van der Waals surface area contributed by atoms with Crippen LogP contribution in [0.25, 0.3) is 0 Å². The first kappa shape index (κ1) is 19.2. The van der Waals surface area contributed by atoms with E-state index in [2.05, 4.69) is 4.98 Å². The quantitative estimate of drug-likeness (QED) is 0.625. The molecule has 0 bridgehead atoms. The van der Waals surface area contributed by atoms with Crippen LogP contribution in [0, 0.1) is 0 Å². The normalized spacial score (nSPS) is 29.4. The fourth-order valence-electron chi connectivity index (χ4n) is 2.55. The van der Waals surface area contributed by atoms with Crippen molar-refractivity contribution in [3.8, 4) is 0 Å². The van der Waals surface area contributed by atoms with E-state index in [0.29, 0.717) is 0 Å². The first-order chi connectivity index (χ1) is 11.5. The maximum Gasteiger partial charge on any atom is 0.509 e. The molecule has 0 aromatic carbocycles. The number of ether oxygens (including phenoxy) is 3. The smallest absolute Gasteiger partial charge is 0.429 e. The van der Waals surface area contributed by atoms with Crippen LogP contribution in [0.15, 0.2) is 17.1 Å². The number of carbonyl (C=O) groups is 1. The average molecular weight is 357 g/mol. The number of nitrogens with zero attached hydrogens (tertiary/aromatic N) is 2. The monoisotopic (exact) mass is 357 g/mol. The Labute approximate surface area is 144 Å². The molecule has 1 saturated heterocycles. The first-order valence-corrected chi connectivity index (χ1v) is 7.68. The zero-order valence-corrected chi connectivity index (χ0v) is 14.5. The molecule has 0 spiro atoms. The SMILES string of the molecule is CC(C)(C)OC(=O)OC1C(CO)OC(n2ccc(N)nc2=O)C1(C)O. The third-order valence-electron chi connectivity index (χ3n) is 3.61. The number of carbonyl (C=O) groups excluding carboxylic acids is 1. The van der Waals surface area contributed by atoms with E-state index < -0.39 is 48.1 Å². The molecule has 1 aromatic heterocycles. The lowest BCUT2D eigenvalue weighted by Crippen LogP contribution is -2.49. The summed E-state index contributed by atoms with van der Waals surface area (Å²) in [6.45, 7) is 5.75. The van der Waals surface area contributed by atoms with Crippen molar-refractivity contribution in [3.05, 3.63) is 22.7 Å². The van der Waals surface area contributed by atoms with Gasteiger partial charge in [0.05, 0.1) is 6.61 Å². The van der Waals surface area contributed by atoms with Gasteiger partial charge in [0.25, 0.3) is 0 Å². The van der Waals surface area contributed by atoms with Gasteiger partial charge < -0.3 is 30.2 Å². The molecule has 10 heteroatoms. The molecule has 0 amide bonds. The van der Waals surface area contributed by atoms with Crippen molar-refractivity contribution in [1.29, 1.82) is 0 Å². The molecule has 0 saturated carbocycles. The van der Waals surface area contributed by atoms with Crippen LogP contribution in [0.5, 0.6) is 0 Å². The third kappa shape index (κ3) is 4.09. The standard InChI is InChI=1S/C15H23N3O7/c1-14(2,3)25-13(21)24-10-8(7-19)23-11(15(10,4)22)18-6-5-9(16)17-12(18)20/h5-6,8,10-11,19,22H,7H2,1-4H3,(H2,16,17,20). The molecule has 4 atom stereocenters. The largest absolute Gasteiger partial charge is 0.509 e. The number of aliphatic hydroxyl groups excluding tert-OH is 1. The van der Waals surface area contributed by atoms with Crippen molar-refractivity contribution >= 4 is 12.0 Å². The minimum absolute atomic E-state index is 0.0131. The van der Waals surface area contributed by atoms with Crippen LogP contribution >= 0.6 is 0 Å². The summed E-state index contributed by atoms with van der Waals surface area (Å²) in [5, 5.41) is 20.3. The summed E-state index contributed by atoms with van der Waals surface area (Å²) >= 11 is 0. The Balaban J connectivity index is 2.29. The summed E-state index contributed by atoms with van der Waals surface area (Å²) in [5.41, 5.74) is 2.07. The second-order valence-corrected chi connectivity index (χ2v) is 6.98. The zero-order chi connectivity index (χ0) is 19.0. The fourth-order valence-corrected chi connectivity index (χ4v) is 2.55. The Bertz CT molecular complexity index is 695. The third-order valence-corrected chi connectivity index (χ3v) is 3.61. The highest BCUT2D eigenvalue weighted by molar-refractivity contribution is 5.61. The van der Waals surface area contributed by atoms with Crippen LogP contribution in [0.1, 0.15) is 33.9 Å². The minimum atomic E-state index is -1.83. The van der Waals surface area contributed by atoms with Gasteiger partial charge >= 0.3 is 11.8 Å². The van der Waals surface area contributed by atoms with Crippen molar-refractivity contribution in [3.63, 3.8) is 0 Å². The molecule has 0 radical (unpaired) electrons. The molecule has 10 nitrogen and oxygen atoms in total. The number of hydrogen-bond acceptors (Lipinski definition) is 9. The van der Waals surface area contributed by atoms with Crippen molar-refractivity contribution in [1.82, 2.24) is 9.55 Å². The molecule has 140 valence electrons. The zero-order valence-electron chi connectivity index (χ0n) is 14.5. The van der Waals surface area contributed by atoms with E-state index in [4.69, 9.17) is 19.9 Å². The topological polar surface area (TPSA) is 146 Å². The predicted octanol–water partition coefficient (Wildman–Crippen LogP) is -0.213. The maximum atomic E-state index is 12.0. The van der Waals surface area contributed by atoms with Crippen LogP contribution in [0.2, 0.25) is 0 Å². The first-order valence-electron chi connectivity index (χ1n) is 7.68. The molecule has 4 N–H and O–H groups in total. The summed E-state index contributed by atoms with van der Waals surface area (Å²) in [7, 11) is 0. The Hall–Kier alpha value is -2.17. The van der Waals surface area contributed by atoms with Gasteiger partial charge in [-0.2, -0.15) is 4.98 Å². The fraction of sp³-hybridized carbons (Fsp3) is 0.667. The van der Waals surface area contributed by atoms with E-state index >= 15 is 0 Å². The van der Waals surface area contributed by atoms with Gasteiger partial charge in [0.15, 0.2) is 12.3 Å². The second-order valence-electron chi connectivity index (χ2n) is 6.98. The summed E-state index contributed by atoms with van der Waals surface area (Å²) < 4.78 is 16.8. The van der Waals surface area contributed by atoms with Crippen LogP contribution in [-0.2, 0) is 14.2 Å². The second kappa shape index (κ2) is 6.62. The molecule has 1 aliphatic heterocycles. The number of aromatic nitrogens is 2. The van der Waals surface area contributed by atoms with Crippen LogP contribution in [0.3, 0.4) is 0 Å². The van der Waals surface area contributed by atoms with Crippen LogP contribution < -0.4 is 11.4 Å². The van der Waals surface area contributed by atoms with E-state index in [1.54, 1.807) is 20.8 Å². The molecule has 2 rings (SSSR count). The summed E-state index contributed by atoms with van der Waals surface area (Å²) in [6, 6.07) is 1.36. The molecule has 0 aliphatic carbocycles. The molecule has 1 aliphatic rings. The highest BCUT2D eigenvalue weighted by atomic mass is 16.7. The van der Waals surface area contributed by atoms with E-state index in [0.717, 1.165) is 4.57 Å².